The minimum atomic E-state index is -1.14. The molecule has 0 saturated carbocycles. The molecular weight excluding hydrogens is 164 g/mol. The summed E-state index contributed by atoms with van der Waals surface area (Å²) in [5.74, 6) is 2.08. The molecule has 0 aliphatic carbocycles. The highest BCUT2D eigenvalue weighted by molar-refractivity contribution is 5.25. The minimum Gasteiger partial charge on any atom is -0.385 e. The molecule has 0 aliphatic heterocycles. The maximum absolute atomic E-state index is 9.49. The Morgan fingerprint density at radius 1 is 1.23 bits per heavy atom. The summed E-state index contributed by atoms with van der Waals surface area (Å²) in [7, 11) is 0. The fourth-order valence-electron chi connectivity index (χ4n) is 1.04. The number of aryl methyl sites for hydroxylation is 1. The molecule has 1 rings (SSSR count). The Hall–Kier alpha value is -1.30. The van der Waals surface area contributed by atoms with Crippen LogP contribution in [0.4, 0.5) is 0 Å². The van der Waals surface area contributed by atoms with Gasteiger partial charge in [-0.3, -0.25) is 0 Å². The third kappa shape index (κ3) is 2.32. The number of hydrogen-bond acceptors (Lipinski definition) is 2. The zero-order chi connectivity index (χ0) is 9.84. The van der Waals surface area contributed by atoms with Gasteiger partial charge in [0.1, 0.15) is 12.2 Å². The van der Waals surface area contributed by atoms with E-state index in [2.05, 4.69) is 5.92 Å². The zero-order valence-electron chi connectivity index (χ0n) is 7.44. The van der Waals surface area contributed by atoms with Gasteiger partial charge in [0.2, 0.25) is 0 Å². The summed E-state index contributed by atoms with van der Waals surface area (Å²) in [6.07, 6.45) is 2.85. The summed E-state index contributed by atoms with van der Waals surface area (Å²) in [6, 6.07) is 7.23. The fraction of sp³-hybridized carbons (Fsp3) is 0.273. The Bertz CT molecular complexity index is 308. The van der Waals surface area contributed by atoms with Gasteiger partial charge in [0.25, 0.3) is 0 Å². The molecule has 2 unspecified atom stereocenters. The zero-order valence-corrected chi connectivity index (χ0v) is 7.44. The Labute approximate surface area is 77.8 Å². The highest BCUT2D eigenvalue weighted by Gasteiger charge is 2.14. The highest BCUT2D eigenvalue weighted by atomic mass is 16.3. The molecule has 0 heterocycles. The van der Waals surface area contributed by atoms with Gasteiger partial charge in [-0.15, -0.1) is 6.42 Å². The van der Waals surface area contributed by atoms with E-state index >= 15 is 0 Å². The summed E-state index contributed by atoms with van der Waals surface area (Å²) in [4.78, 5) is 0. The van der Waals surface area contributed by atoms with E-state index < -0.39 is 12.2 Å². The van der Waals surface area contributed by atoms with E-state index in [4.69, 9.17) is 11.5 Å². The van der Waals surface area contributed by atoms with E-state index in [0.717, 1.165) is 5.56 Å². The van der Waals surface area contributed by atoms with E-state index in [0.29, 0.717) is 5.56 Å². The number of aliphatic hydroxyl groups excluding tert-OH is 2. The van der Waals surface area contributed by atoms with Crippen molar-refractivity contribution in [2.45, 2.75) is 19.1 Å². The number of terminal acetylenes is 1. The van der Waals surface area contributed by atoms with Gasteiger partial charge in [-0.05, 0) is 12.5 Å². The molecule has 0 bridgehead atoms. The van der Waals surface area contributed by atoms with Crippen LogP contribution in [0.25, 0.3) is 0 Å². The highest BCUT2D eigenvalue weighted by Crippen LogP contribution is 2.16. The monoisotopic (exact) mass is 176 g/mol. The first-order valence-corrected chi connectivity index (χ1v) is 4.04. The van der Waals surface area contributed by atoms with Gasteiger partial charge in [-0.25, -0.2) is 0 Å². The lowest BCUT2D eigenvalue weighted by Gasteiger charge is -2.12. The molecule has 1 aromatic rings. The first-order chi connectivity index (χ1) is 6.15. The number of benzene rings is 1. The average molecular weight is 176 g/mol. The van der Waals surface area contributed by atoms with E-state index in [1.165, 1.54) is 0 Å². The van der Waals surface area contributed by atoms with E-state index in [1.54, 1.807) is 12.1 Å². The standard InChI is InChI=1S/C11H12O2/c1-3-10(12)11(13)9-6-4-8(2)5-7-9/h1,4-7,10-13H,2H3. The van der Waals surface area contributed by atoms with E-state index in [-0.39, 0.29) is 0 Å². The molecule has 1 aromatic carbocycles. The van der Waals surface area contributed by atoms with Crippen molar-refractivity contribution < 1.29 is 10.2 Å². The predicted octanol–water partition coefficient (Wildman–Crippen LogP) is 1.02. The van der Waals surface area contributed by atoms with Crippen molar-refractivity contribution in [3.05, 3.63) is 35.4 Å². The van der Waals surface area contributed by atoms with Crippen LogP contribution in [0.1, 0.15) is 17.2 Å². The van der Waals surface area contributed by atoms with Crippen molar-refractivity contribution in [3.8, 4) is 12.3 Å². The Morgan fingerprint density at radius 2 is 1.77 bits per heavy atom. The molecule has 0 saturated heterocycles. The molecule has 68 valence electrons. The van der Waals surface area contributed by atoms with Crippen LogP contribution in [-0.2, 0) is 0 Å². The van der Waals surface area contributed by atoms with Gasteiger partial charge >= 0.3 is 0 Å². The van der Waals surface area contributed by atoms with Gasteiger partial charge < -0.3 is 10.2 Å². The van der Waals surface area contributed by atoms with Gasteiger partial charge in [-0.2, -0.15) is 0 Å². The average Bonchev–Trinajstić information content (AvgIpc) is 2.17. The summed E-state index contributed by atoms with van der Waals surface area (Å²) in [5, 5.41) is 18.7. The van der Waals surface area contributed by atoms with Crippen LogP contribution >= 0.6 is 0 Å². The van der Waals surface area contributed by atoms with Crippen LogP contribution in [0.3, 0.4) is 0 Å². The minimum absolute atomic E-state index is 0.635. The second-order valence-electron chi connectivity index (χ2n) is 2.97. The number of aliphatic hydroxyl groups is 2. The third-order valence-corrected chi connectivity index (χ3v) is 1.89. The quantitative estimate of drug-likeness (QED) is 0.660. The van der Waals surface area contributed by atoms with Crippen molar-refractivity contribution in [1.29, 1.82) is 0 Å². The van der Waals surface area contributed by atoms with E-state index in [9.17, 15) is 5.11 Å². The molecule has 0 aliphatic rings. The smallest absolute Gasteiger partial charge is 0.144 e. The van der Waals surface area contributed by atoms with Crippen molar-refractivity contribution >= 4 is 0 Å². The molecule has 0 aromatic heterocycles. The van der Waals surface area contributed by atoms with Crippen LogP contribution in [-0.4, -0.2) is 16.3 Å². The van der Waals surface area contributed by atoms with Crippen molar-refractivity contribution in [1.82, 2.24) is 0 Å². The lowest BCUT2D eigenvalue weighted by molar-refractivity contribution is 0.0541. The molecule has 2 N–H and O–H groups in total. The lowest BCUT2D eigenvalue weighted by Crippen LogP contribution is -2.15. The molecule has 0 radical (unpaired) electrons. The Morgan fingerprint density at radius 3 is 2.23 bits per heavy atom. The van der Waals surface area contributed by atoms with Gasteiger partial charge in [0.15, 0.2) is 0 Å². The normalized spacial score (nSPS) is 14.6. The maximum Gasteiger partial charge on any atom is 0.144 e. The van der Waals surface area contributed by atoms with Crippen molar-refractivity contribution in [3.63, 3.8) is 0 Å². The largest absolute Gasteiger partial charge is 0.385 e. The van der Waals surface area contributed by atoms with Crippen molar-refractivity contribution in [2.24, 2.45) is 0 Å². The number of rotatable bonds is 2. The topological polar surface area (TPSA) is 40.5 Å². The summed E-state index contributed by atoms with van der Waals surface area (Å²) in [5.41, 5.74) is 1.74. The second-order valence-corrected chi connectivity index (χ2v) is 2.97. The Balaban J connectivity index is 2.84. The molecule has 2 atom stereocenters. The molecule has 13 heavy (non-hydrogen) atoms. The van der Waals surface area contributed by atoms with Gasteiger partial charge in [0, 0.05) is 0 Å². The van der Waals surface area contributed by atoms with Crippen LogP contribution in [0.2, 0.25) is 0 Å². The lowest BCUT2D eigenvalue weighted by atomic mass is 10.0. The van der Waals surface area contributed by atoms with Crippen LogP contribution in [0.15, 0.2) is 24.3 Å². The van der Waals surface area contributed by atoms with Gasteiger partial charge in [0.05, 0.1) is 0 Å². The van der Waals surface area contributed by atoms with Crippen LogP contribution in [0.5, 0.6) is 0 Å². The first-order valence-electron chi connectivity index (χ1n) is 4.04. The second kappa shape index (κ2) is 4.08. The van der Waals surface area contributed by atoms with Crippen LogP contribution in [0, 0.1) is 19.3 Å². The summed E-state index contributed by atoms with van der Waals surface area (Å²) >= 11 is 0. The number of hydrogen-bond donors (Lipinski definition) is 2. The third-order valence-electron chi connectivity index (χ3n) is 1.89. The molecule has 0 amide bonds. The summed E-state index contributed by atoms with van der Waals surface area (Å²) in [6.45, 7) is 1.95. The molecule has 2 nitrogen and oxygen atoms in total. The molecular formula is C11H12O2. The summed E-state index contributed by atoms with van der Waals surface area (Å²) < 4.78 is 0. The van der Waals surface area contributed by atoms with Crippen molar-refractivity contribution in [2.75, 3.05) is 0 Å². The molecule has 0 fully saturated rings. The molecule has 0 spiro atoms. The Kier molecular flexibility index (Phi) is 3.07. The SMILES string of the molecule is C#CC(O)C(O)c1ccc(C)cc1. The maximum atomic E-state index is 9.49. The fourth-order valence-corrected chi connectivity index (χ4v) is 1.04. The molecule has 2 heteroatoms. The van der Waals surface area contributed by atoms with E-state index in [1.807, 2.05) is 19.1 Å². The predicted molar refractivity (Wildman–Crippen MR) is 51.0 cm³/mol. The van der Waals surface area contributed by atoms with Gasteiger partial charge in [-0.1, -0.05) is 35.7 Å². The first kappa shape index (κ1) is 9.79. The van der Waals surface area contributed by atoms with Crippen LogP contribution < -0.4 is 0 Å².